The molecule has 3 nitrogen and oxygen atoms in total. The molecule has 0 amide bonds. The Morgan fingerprint density at radius 3 is 1.74 bits per heavy atom. The van der Waals surface area contributed by atoms with E-state index in [0.717, 1.165) is 34.2 Å². The number of aromatic nitrogens is 3. The standard InChI is InChI=1S/C50H31N3S/c1-3-14-31(15-4-1)33-20-11-21-36(28-33)49-51-48(32-16-5-2-6-17-32)52-50(53-49)42-27-13-25-40-39-24-12-26-41(46(39)54-47(40)42)44-29-34-18-7-9-22-37(34)43-30-35-19-8-10-23-38(35)45(43)44/h1-29H,30H2. The predicted molar refractivity (Wildman–Crippen MR) is 226 cm³/mol. The lowest BCUT2D eigenvalue weighted by Gasteiger charge is -2.14. The van der Waals surface area contributed by atoms with Gasteiger partial charge in [0.25, 0.3) is 0 Å². The van der Waals surface area contributed by atoms with Gasteiger partial charge in [0, 0.05) is 42.4 Å². The summed E-state index contributed by atoms with van der Waals surface area (Å²) < 4.78 is 2.45. The van der Waals surface area contributed by atoms with Crippen molar-refractivity contribution in [3.8, 4) is 67.5 Å². The Morgan fingerprint density at radius 2 is 0.926 bits per heavy atom. The summed E-state index contributed by atoms with van der Waals surface area (Å²) in [5, 5.41) is 5.07. The molecule has 0 bridgehead atoms. The topological polar surface area (TPSA) is 38.7 Å². The fraction of sp³-hybridized carbons (Fsp3) is 0.0200. The van der Waals surface area contributed by atoms with Crippen molar-refractivity contribution >= 4 is 42.3 Å². The highest BCUT2D eigenvalue weighted by atomic mass is 32.1. The number of hydrogen-bond donors (Lipinski definition) is 0. The van der Waals surface area contributed by atoms with Crippen LogP contribution >= 0.6 is 11.3 Å². The van der Waals surface area contributed by atoms with E-state index in [0.29, 0.717) is 17.5 Å². The van der Waals surface area contributed by atoms with Crippen molar-refractivity contribution in [3.63, 3.8) is 0 Å². The molecule has 2 heterocycles. The lowest BCUT2D eigenvalue weighted by molar-refractivity contribution is 1.08. The van der Waals surface area contributed by atoms with E-state index in [4.69, 9.17) is 15.0 Å². The molecule has 54 heavy (non-hydrogen) atoms. The summed E-state index contributed by atoms with van der Waals surface area (Å²) in [4.78, 5) is 15.5. The second kappa shape index (κ2) is 12.4. The molecule has 0 N–H and O–H groups in total. The Kier molecular flexibility index (Phi) is 7.10. The van der Waals surface area contributed by atoms with E-state index in [2.05, 4.69) is 152 Å². The van der Waals surface area contributed by atoms with Gasteiger partial charge in [-0.1, -0.05) is 158 Å². The summed E-state index contributed by atoms with van der Waals surface area (Å²) in [6.07, 6.45) is 0.951. The Hall–Kier alpha value is -6.75. The molecule has 0 fully saturated rings. The van der Waals surface area contributed by atoms with Crippen LogP contribution < -0.4 is 0 Å². The van der Waals surface area contributed by atoms with E-state index in [1.54, 1.807) is 0 Å². The Morgan fingerprint density at radius 1 is 0.370 bits per heavy atom. The van der Waals surface area contributed by atoms with Gasteiger partial charge in [-0.05, 0) is 74.3 Å². The molecular weight excluding hydrogens is 675 g/mol. The maximum atomic E-state index is 5.23. The van der Waals surface area contributed by atoms with Crippen molar-refractivity contribution in [2.75, 3.05) is 0 Å². The zero-order valence-corrected chi connectivity index (χ0v) is 30.0. The van der Waals surface area contributed by atoms with E-state index in [-0.39, 0.29) is 0 Å². The molecule has 0 saturated heterocycles. The van der Waals surface area contributed by atoms with Gasteiger partial charge in [-0.2, -0.15) is 0 Å². The first-order valence-electron chi connectivity index (χ1n) is 18.3. The van der Waals surface area contributed by atoms with Crippen LogP contribution in [0.5, 0.6) is 0 Å². The molecule has 0 saturated carbocycles. The van der Waals surface area contributed by atoms with Crippen molar-refractivity contribution in [1.82, 2.24) is 15.0 Å². The summed E-state index contributed by atoms with van der Waals surface area (Å²) in [7, 11) is 0. The summed E-state index contributed by atoms with van der Waals surface area (Å²) >= 11 is 1.84. The fourth-order valence-corrected chi connectivity index (χ4v) is 9.59. The molecule has 0 radical (unpaired) electrons. The van der Waals surface area contributed by atoms with Crippen molar-refractivity contribution in [3.05, 3.63) is 187 Å². The number of thiophene rings is 1. The molecule has 0 atom stereocenters. The van der Waals surface area contributed by atoms with Gasteiger partial charge in [-0.3, -0.25) is 0 Å². The maximum Gasteiger partial charge on any atom is 0.165 e. The first-order chi connectivity index (χ1) is 26.8. The summed E-state index contributed by atoms with van der Waals surface area (Å²) in [5.74, 6) is 1.98. The molecule has 252 valence electrons. The third kappa shape index (κ3) is 4.99. The smallest absolute Gasteiger partial charge is 0.165 e. The predicted octanol–water partition coefficient (Wildman–Crippen LogP) is 13.3. The van der Waals surface area contributed by atoms with Gasteiger partial charge < -0.3 is 0 Å². The van der Waals surface area contributed by atoms with Crippen LogP contribution in [0, 0.1) is 0 Å². The number of rotatable bonds is 5. The minimum absolute atomic E-state index is 0.654. The summed E-state index contributed by atoms with van der Waals surface area (Å²) in [6.45, 7) is 0. The van der Waals surface area contributed by atoms with E-state index in [1.165, 1.54) is 64.3 Å². The number of fused-ring (bicyclic) bond motifs is 8. The van der Waals surface area contributed by atoms with Crippen LogP contribution in [-0.2, 0) is 6.42 Å². The third-order valence-corrected chi connectivity index (χ3v) is 12.0. The third-order valence-electron chi connectivity index (χ3n) is 10.8. The maximum absolute atomic E-state index is 5.23. The van der Waals surface area contributed by atoms with E-state index < -0.39 is 0 Å². The van der Waals surface area contributed by atoms with Gasteiger partial charge in [-0.25, -0.2) is 15.0 Å². The molecule has 1 aliphatic carbocycles. The molecule has 0 aliphatic heterocycles. The van der Waals surface area contributed by atoms with Gasteiger partial charge in [0.05, 0.1) is 0 Å². The van der Waals surface area contributed by atoms with Gasteiger partial charge in [0.1, 0.15) is 0 Å². The summed E-state index contributed by atoms with van der Waals surface area (Å²) in [5.41, 5.74) is 13.3. The number of benzene rings is 8. The van der Waals surface area contributed by atoms with Crippen LogP contribution in [0.3, 0.4) is 0 Å². The number of hydrogen-bond acceptors (Lipinski definition) is 4. The normalized spacial score (nSPS) is 12.0. The molecule has 2 aromatic heterocycles. The van der Waals surface area contributed by atoms with Gasteiger partial charge in [-0.15, -0.1) is 11.3 Å². The fourth-order valence-electron chi connectivity index (χ4n) is 8.25. The van der Waals surface area contributed by atoms with E-state index >= 15 is 0 Å². The second-order valence-electron chi connectivity index (χ2n) is 13.9. The molecule has 4 heteroatoms. The van der Waals surface area contributed by atoms with Gasteiger partial charge in [0.15, 0.2) is 17.5 Å². The largest absolute Gasteiger partial charge is 0.208 e. The molecule has 0 spiro atoms. The van der Waals surface area contributed by atoms with Gasteiger partial charge >= 0.3 is 0 Å². The first-order valence-corrected chi connectivity index (χ1v) is 19.1. The van der Waals surface area contributed by atoms with E-state index in [1.807, 2.05) is 35.6 Å². The van der Waals surface area contributed by atoms with E-state index in [9.17, 15) is 0 Å². The average Bonchev–Trinajstić information content (AvgIpc) is 3.84. The van der Waals surface area contributed by atoms with Crippen LogP contribution in [0.25, 0.3) is 98.5 Å². The molecule has 8 aromatic carbocycles. The Balaban J connectivity index is 1.13. The molecule has 1 aliphatic rings. The molecule has 11 rings (SSSR count). The van der Waals surface area contributed by atoms with Crippen LogP contribution in [0.2, 0.25) is 0 Å². The molecule has 10 aromatic rings. The monoisotopic (exact) mass is 705 g/mol. The zero-order valence-electron chi connectivity index (χ0n) is 29.2. The quantitative estimate of drug-likeness (QED) is 0.179. The van der Waals surface area contributed by atoms with Crippen LogP contribution in [0.15, 0.2) is 176 Å². The van der Waals surface area contributed by atoms with Crippen LogP contribution in [-0.4, -0.2) is 15.0 Å². The van der Waals surface area contributed by atoms with Crippen molar-refractivity contribution in [2.24, 2.45) is 0 Å². The highest BCUT2D eigenvalue weighted by molar-refractivity contribution is 7.26. The average molecular weight is 706 g/mol. The van der Waals surface area contributed by atoms with Crippen molar-refractivity contribution < 1.29 is 0 Å². The van der Waals surface area contributed by atoms with Gasteiger partial charge in [0.2, 0.25) is 0 Å². The van der Waals surface area contributed by atoms with Crippen molar-refractivity contribution in [1.29, 1.82) is 0 Å². The first kappa shape index (κ1) is 30.8. The molecular formula is C50H31N3S. The lowest BCUT2D eigenvalue weighted by atomic mass is 9.89. The highest BCUT2D eigenvalue weighted by Crippen LogP contribution is 2.50. The Bertz CT molecular complexity index is 3070. The SMILES string of the molecule is c1ccc(-c2cccc(-c3nc(-c4ccccc4)nc(-c4cccc5c4sc4c(-c6cc7ccccc7c7c6-c6ccccc6C7)cccc45)n3)c2)cc1. The van der Waals surface area contributed by atoms with Crippen molar-refractivity contribution in [2.45, 2.75) is 6.42 Å². The minimum atomic E-state index is 0.654. The lowest BCUT2D eigenvalue weighted by Crippen LogP contribution is -2.00. The summed E-state index contributed by atoms with van der Waals surface area (Å²) in [6, 6.07) is 62.6. The number of nitrogens with zero attached hydrogens (tertiary/aromatic N) is 3. The zero-order chi connectivity index (χ0) is 35.6. The highest BCUT2D eigenvalue weighted by Gasteiger charge is 2.26. The van der Waals surface area contributed by atoms with Crippen LogP contribution in [0.4, 0.5) is 0 Å². The minimum Gasteiger partial charge on any atom is -0.208 e. The van der Waals surface area contributed by atoms with Crippen LogP contribution in [0.1, 0.15) is 11.1 Å². The second-order valence-corrected chi connectivity index (χ2v) is 14.9. The molecule has 0 unspecified atom stereocenters. The Labute approximate surface area is 316 Å².